The number of hydrogen-bond donors (Lipinski definition) is 5. The molecule has 2 aliphatic rings. The molecule has 2 bridgehead atoms. The number of fused-ring (bicyclic) bond motifs is 2. The number of carbonyl (C=O) groups is 5. The zero-order valence-electron chi connectivity index (χ0n) is 26.6. The van der Waals surface area contributed by atoms with Crippen LogP contribution in [0.25, 0.3) is 0 Å². The van der Waals surface area contributed by atoms with Gasteiger partial charge in [0.05, 0.1) is 0 Å². The molecule has 1 aromatic rings. The fourth-order valence-corrected chi connectivity index (χ4v) is 6.35. The van der Waals surface area contributed by atoms with Crippen molar-refractivity contribution in [1.82, 2.24) is 0 Å². The summed E-state index contributed by atoms with van der Waals surface area (Å²) < 4.78 is 16.4. The molecule has 2 saturated heterocycles. The molecule has 2 heterocycles. The Labute approximate surface area is 267 Å². The summed E-state index contributed by atoms with van der Waals surface area (Å²) in [5, 5.41) is 53.1. The van der Waals surface area contributed by atoms with Crippen LogP contribution in [-0.4, -0.2) is 90.5 Å². The standard InChI is InChI=1S/C33H44O13/c1-6-18(2)16-19(3)12-13-23(34)44-26-25(36)31(15-14-20(4)24(35)21(5)17-22-10-8-7-9-11-22)45-27(28(37)38)32(43,29(39)40)33(26,46-31)30(41)42/h7-13,18-21,25-27,36,43H,6,14-17H2,1-5H3,(H,37,38)(H,39,40)(H,41,42)/b13-12+/t18-,19+,20+,21+,25+,26+,27+,31-,32+,33-/m0/s1. The monoisotopic (exact) mass is 648 g/mol. The van der Waals surface area contributed by atoms with Gasteiger partial charge in [-0.05, 0) is 36.7 Å². The first-order valence-corrected chi connectivity index (χ1v) is 15.4. The van der Waals surface area contributed by atoms with Crippen LogP contribution >= 0.6 is 0 Å². The van der Waals surface area contributed by atoms with E-state index >= 15 is 0 Å². The molecule has 0 aliphatic carbocycles. The van der Waals surface area contributed by atoms with Crippen LogP contribution in [0.4, 0.5) is 0 Å². The Morgan fingerprint density at radius 1 is 0.978 bits per heavy atom. The summed E-state index contributed by atoms with van der Waals surface area (Å²) in [7, 11) is 0. The van der Waals surface area contributed by atoms with Crippen molar-refractivity contribution in [2.75, 3.05) is 0 Å². The summed E-state index contributed by atoms with van der Waals surface area (Å²) in [6.07, 6.45) is -3.61. The zero-order valence-corrected chi connectivity index (χ0v) is 26.6. The Bertz CT molecular complexity index is 1330. The van der Waals surface area contributed by atoms with E-state index in [0.717, 1.165) is 18.1 Å². The van der Waals surface area contributed by atoms with E-state index in [1.54, 1.807) is 13.8 Å². The Balaban J connectivity index is 1.96. The maximum atomic E-state index is 13.2. The molecule has 0 amide bonds. The maximum absolute atomic E-state index is 13.2. The number of aliphatic carboxylic acids is 3. The summed E-state index contributed by atoms with van der Waals surface area (Å²) >= 11 is 0. The van der Waals surface area contributed by atoms with Crippen LogP contribution in [0.2, 0.25) is 0 Å². The molecule has 2 aliphatic heterocycles. The lowest BCUT2D eigenvalue weighted by Crippen LogP contribution is -2.78. The number of aliphatic hydroxyl groups is 2. The molecular weight excluding hydrogens is 604 g/mol. The van der Waals surface area contributed by atoms with Crippen molar-refractivity contribution in [3.63, 3.8) is 0 Å². The summed E-state index contributed by atoms with van der Waals surface area (Å²) in [4.78, 5) is 63.8. The highest BCUT2D eigenvalue weighted by Crippen LogP contribution is 2.55. The van der Waals surface area contributed by atoms with Crippen molar-refractivity contribution in [2.24, 2.45) is 23.7 Å². The molecule has 254 valence electrons. The highest BCUT2D eigenvalue weighted by molar-refractivity contribution is 5.98. The van der Waals surface area contributed by atoms with Gasteiger partial charge in [-0.3, -0.25) is 4.79 Å². The van der Waals surface area contributed by atoms with Gasteiger partial charge in [0, 0.05) is 24.3 Å². The van der Waals surface area contributed by atoms with Crippen molar-refractivity contribution < 1.29 is 63.7 Å². The van der Waals surface area contributed by atoms with Gasteiger partial charge in [-0.15, -0.1) is 0 Å². The number of ether oxygens (including phenoxy) is 3. The van der Waals surface area contributed by atoms with Crippen LogP contribution in [0.5, 0.6) is 0 Å². The number of rotatable bonds is 16. The number of allylic oxidation sites excluding steroid dienone is 1. The number of carboxylic acid groups (broad SMARTS) is 3. The summed E-state index contributed by atoms with van der Waals surface area (Å²) in [5.74, 6) is -11.5. The van der Waals surface area contributed by atoms with Crippen molar-refractivity contribution in [3.8, 4) is 0 Å². The molecular formula is C33H44O13. The summed E-state index contributed by atoms with van der Waals surface area (Å²) in [6.45, 7) is 9.18. The minimum atomic E-state index is -3.87. The average molecular weight is 649 g/mol. The predicted octanol–water partition coefficient (Wildman–Crippen LogP) is 2.60. The van der Waals surface area contributed by atoms with Crippen LogP contribution in [0.15, 0.2) is 42.5 Å². The molecule has 0 aromatic heterocycles. The molecule has 1 aromatic carbocycles. The first-order chi connectivity index (χ1) is 21.5. The zero-order chi connectivity index (χ0) is 34.6. The van der Waals surface area contributed by atoms with E-state index in [4.69, 9.17) is 14.2 Å². The van der Waals surface area contributed by atoms with Gasteiger partial charge in [0.15, 0.2) is 6.10 Å². The lowest BCUT2D eigenvalue weighted by molar-refractivity contribution is -0.374. The third-order valence-corrected chi connectivity index (χ3v) is 9.16. The number of hydrogen-bond acceptors (Lipinski definition) is 10. The van der Waals surface area contributed by atoms with Gasteiger partial charge in [0.2, 0.25) is 23.1 Å². The number of Topliss-reactive ketones (excluding diaryl/α,β-unsaturated/α-hetero) is 1. The van der Waals surface area contributed by atoms with Crippen molar-refractivity contribution in [1.29, 1.82) is 0 Å². The van der Waals surface area contributed by atoms with E-state index in [1.807, 2.05) is 51.1 Å². The Hall–Kier alpha value is -3.65. The van der Waals surface area contributed by atoms with E-state index < -0.39 is 77.4 Å². The van der Waals surface area contributed by atoms with Crippen molar-refractivity contribution >= 4 is 29.7 Å². The van der Waals surface area contributed by atoms with Gasteiger partial charge in [-0.1, -0.05) is 77.4 Å². The van der Waals surface area contributed by atoms with Crippen LogP contribution in [0.1, 0.15) is 65.9 Å². The quantitative estimate of drug-likeness (QED) is 0.129. The minimum absolute atomic E-state index is 0.106. The average Bonchev–Trinajstić information content (AvgIpc) is 3.22. The van der Waals surface area contributed by atoms with E-state index in [2.05, 4.69) is 0 Å². The Morgan fingerprint density at radius 2 is 1.61 bits per heavy atom. The maximum Gasteiger partial charge on any atom is 0.344 e. The molecule has 5 N–H and O–H groups in total. The second kappa shape index (κ2) is 14.4. The fourth-order valence-electron chi connectivity index (χ4n) is 6.35. The van der Waals surface area contributed by atoms with Crippen LogP contribution < -0.4 is 0 Å². The lowest BCUT2D eigenvalue weighted by atomic mass is 9.74. The molecule has 13 nitrogen and oxygen atoms in total. The predicted molar refractivity (Wildman–Crippen MR) is 160 cm³/mol. The molecule has 0 radical (unpaired) electrons. The third kappa shape index (κ3) is 6.87. The minimum Gasteiger partial charge on any atom is -0.479 e. The topological polar surface area (TPSA) is 214 Å². The van der Waals surface area contributed by atoms with Crippen LogP contribution in [-0.2, 0) is 44.6 Å². The largest absolute Gasteiger partial charge is 0.479 e. The molecule has 2 fully saturated rings. The van der Waals surface area contributed by atoms with Gasteiger partial charge < -0.3 is 39.7 Å². The first-order valence-electron chi connectivity index (χ1n) is 15.4. The van der Waals surface area contributed by atoms with Gasteiger partial charge in [-0.25, -0.2) is 19.2 Å². The molecule has 46 heavy (non-hydrogen) atoms. The second-order valence-corrected chi connectivity index (χ2v) is 12.7. The molecule has 13 heteroatoms. The van der Waals surface area contributed by atoms with E-state index in [0.29, 0.717) is 18.8 Å². The van der Waals surface area contributed by atoms with Crippen LogP contribution in [0.3, 0.4) is 0 Å². The Kier molecular flexibility index (Phi) is 11.5. The van der Waals surface area contributed by atoms with Crippen LogP contribution in [0, 0.1) is 23.7 Å². The smallest absolute Gasteiger partial charge is 0.344 e. The number of carboxylic acids is 3. The van der Waals surface area contributed by atoms with Crippen molar-refractivity contribution in [3.05, 3.63) is 48.0 Å². The SMILES string of the molecule is CC[C@H](C)C[C@H](C)/C=C/C(=O)O[C@@H]1[C@@H](O)[C@@]2(CC[C@@H](C)C(=O)[C@H](C)Cc3ccccc3)O[C@H](C(=O)O)[C@@](O)(C(=O)O)[C@]1(C(=O)O)O2. The number of benzene rings is 1. The molecule has 10 atom stereocenters. The second-order valence-electron chi connectivity index (χ2n) is 12.7. The highest BCUT2D eigenvalue weighted by atomic mass is 16.8. The third-order valence-electron chi connectivity index (χ3n) is 9.16. The fraction of sp³-hybridized carbons (Fsp3) is 0.606. The van der Waals surface area contributed by atoms with E-state index in [9.17, 15) is 49.5 Å². The van der Waals surface area contributed by atoms with Gasteiger partial charge in [0.25, 0.3) is 0 Å². The normalized spacial score (nSPS) is 31.5. The number of esters is 1. The molecule has 0 unspecified atom stereocenters. The summed E-state index contributed by atoms with van der Waals surface area (Å²) in [6, 6.07) is 9.27. The molecule has 0 saturated carbocycles. The molecule has 0 spiro atoms. The molecule has 3 rings (SSSR count). The number of carbonyl (C=O) groups excluding carboxylic acids is 2. The first kappa shape index (κ1) is 36.8. The van der Waals surface area contributed by atoms with Gasteiger partial charge in [-0.2, -0.15) is 0 Å². The lowest BCUT2D eigenvalue weighted by Gasteiger charge is -2.48. The van der Waals surface area contributed by atoms with E-state index in [-0.39, 0.29) is 18.1 Å². The van der Waals surface area contributed by atoms with Gasteiger partial charge in [0.1, 0.15) is 11.9 Å². The van der Waals surface area contributed by atoms with Gasteiger partial charge >= 0.3 is 23.9 Å². The number of aliphatic hydroxyl groups excluding tert-OH is 1. The summed E-state index contributed by atoms with van der Waals surface area (Å²) in [5.41, 5.74) is -6.45. The number of ketones is 1. The van der Waals surface area contributed by atoms with Crippen molar-refractivity contribution in [2.45, 2.75) is 102 Å². The Morgan fingerprint density at radius 3 is 2.15 bits per heavy atom. The van der Waals surface area contributed by atoms with E-state index in [1.165, 1.54) is 6.08 Å². The highest BCUT2D eigenvalue weighted by Gasteiger charge is 2.85.